The van der Waals surface area contributed by atoms with Crippen LogP contribution in [-0.2, 0) is 20.9 Å². The normalized spacial score (nSPS) is 21.0. The predicted molar refractivity (Wildman–Crippen MR) is 96.8 cm³/mol. The zero-order valence-corrected chi connectivity index (χ0v) is 15.3. The van der Waals surface area contributed by atoms with Gasteiger partial charge in [-0.3, -0.25) is 14.5 Å². The molecule has 142 valence electrons. The van der Waals surface area contributed by atoms with Crippen molar-refractivity contribution in [1.82, 2.24) is 15.1 Å². The first kappa shape index (κ1) is 18.7. The summed E-state index contributed by atoms with van der Waals surface area (Å²) in [7, 11) is 1.62. The number of amides is 2. The van der Waals surface area contributed by atoms with Gasteiger partial charge >= 0.3 is 0 Å². The number of rotatable bonds is 7. The number of hydrogen-bond donors (Lipinski definition) is 1. The standard InChI is InChI=1S/C19H27N3O4/c1-25-17-4-2-3-15(11-17)13-22-14-16(12-18(22)23)19(24)20-5-6-21-7-9-26-10-8-21/h2-4,11,16H,5-10,12-14H2,1H3,(H,20,24). The second-order valence-electron chi connectivity index (χ2n) is 6.77. The average Bonchev–Trinajstić information content (AvgIpc) is 3.03. The monoisotopic (exact) mass is 361 g/mol. The smallest absolute Gasteiger partial charge is 0.225 e. The van der Waals surface area contributed by atoms with E-state index in [-0.39, 0.29) is 24.2 Å². The van der Waals surface area contributed by atoms with Gasteiger partial charge in [-0.15, -0.1) is 0 Å². The molecule has 1 aromatic carbocycles. The Morgan fingerprint density at radius 3 is 2.92 bits per heavy atom. The Bertz CT molecular complexity index is 631. The number of benzene rings is 1. The van der Waals surface area contributed by atoms with Crippen molar-refractivity contribution in [2.24, 2.45) is 5.92 Å². The second-order valence-corrected chi connectivity index (χ2v) is 6.77. The van der Waals surface area contributed by atoms with Gasteiger partial charge in [0.25, 0.3) is 0 Å². The third kappa shape index (κ3) is 4.95. The molecule has 3 rings (SSSR count). The van der Waals surface area contributed by atoms with Crippen LogP contribution in [0.25, 0.3) is 0 Å². The number of carbonyl (C=O) groups excluding carboxylic acids is 2. The van der Waals surface area contributed by atoms with Gasteiger partial charge in [0.2, 0.25) is 11.8 Å². The quantitative estimate of drug-likeness (QED) is 0.765. The molecule has 2 fully saturated rings. The molecular formula is C19H27N3O4. The number of methoxy groups -OCH3 is 1. The van der Waals surface area contributed by atoms with Crippen LogP contribution in [0.5, 0.6) is 5.75 Å². The first-order valence-electron chi connectivity index (χ1n) is 9.14. The van der Waals surface area contributed by atoms with Crippen molar-refractivity contribution in [2.45, 2.75) is 13.0 Å². The molecule has 1 N–H and O–H groups in total. The molecule has 0 radical (unpaired) electrons. The Kier molecular flexibility index (Phi) is 6.46. The maximum Gasteiger partial charge on any atom is 0.225 e. The Balaban J connectivity index is 1.44. The van der Waals surface area contributed by atoms with Gasteiger partial charge in [-0.2, -0.15) is 0 Å². The molecular weight excluding hydrogens is 334 g/mol. The highest BCUT2D eigenvalue weighted by Gasteiger charge is 2.34. The highest BCUT2D eigenvalue weighted by atomic mass is 16.5. The molecule has 1 atom stereocenters. The van der Waals surface area contributed by atoms with Crippen LogP contribution in [0, 0.1) is 5.92 Å². The predicted octanol–water partition coefficient (Wildman–Crippen LogP) is 0.492. The van der Waals surface area contributed by atoms with Crippen LogP contribution in [0.1, 0.15) is 12.0 Å². The Hall–Kier alpha value is -2.12. The van der Waals surface area contributed by atoms with E-state index >= 15 is 0 Å². The molecule has 7 nitrogen and oxygen atoms in total. The first-order valence-corrected chi connectivity index (χ1v) is 9.14. The average molecular weight is 361 g/mol. The van der Waals surface area contributed by atoms with Crippen molar-refractivity contribution < 1.29 is 19.1 Å². The molecule has 0 spiro atoms. The molecule has 2 aliphatic heterocycles. The molecule has 0 saturated carbocycles. The number of ether oxygens (including phenoxy) is 2. The maximum atomic E-state index is 12.4. The van der Waals surface area contributed by atoms with E-state index in [1.54, 1.807) is 12.0 Å². The number of morpholine rings is 1. The van der Waals surface area contributed by atoms with Gasteiger partial charge in [0.15, 0.2) is 0 Å². The molecule has 0 bridgehead atoms. The van der Waals surface area contributed by atoms with Crippen molar-refractivity contribution in [3.63, 3.8) is 0 Å². The third-order valence-electron chi connectivity index (χ3n) is 4.92. The molecule has 0 aromatic heterocycles. The summed E-state index contributed by atoms with van der Waals surface area (Å²) in [6.07, 6.45) is 0.285. The van der Waals surface area contributed by atoms with E-state index in [1.165, 1.54) is 0 Å². The molecule has 2 aliphatic rings. The van der Waals surface area contributed by atoms with Crippen molar-refractivity contribution in [2.75, 3.05) is 53.0 Å². The zero-order chi connectivity index (χ0) is 18.4. The minimum atomic E-state index is -0.266. The first-order chi connectivity index (χ1) is 12.7. The molecule has 26 heavy (non-hydrogen) atoms. The van der Waals surface area contributed by atoms with Crippen molar-refractivity contribution >= 4 is 11.8 Å². The lowest BCUT2D eigenvalue weighted by Gasteiger charge is -2.26. The Labute approximate surface area is 154 Å². The van der Waals surface area contributed by atoms with Gasteiger partial charge in [-0.05, 0) is 17.7 Å². The lowest BCUT2D eigenvalue weighted by atomic mass is 10.1. The van der Waals surface area contributed by atoms with Gasteiger partial charge in [0.1, 0.15) is 5.75 Å². The largest absolute Gasteiger partial charge is 0.497 e. The molecule has 2 amide bonds. The Morgan fingerprint density at radius 2 is 2.15 bits per heavy atom. The molecule has 7 heteroatoms. The summed E-state index contributed by atoms with van der Waals surface area (Å²) >= 11 is 0. The van der Waals surface area contributed by atoms with Gasteiger partial charge in [0, 0.05) is 45.7 Å². The van der Waals surface area contributed by atoms with Gasteiger partial charge in [-0.25, -0.2) is 0 Å². The van der Waals surface area contributed by atoms with Gasteiger partial charge in [0.05, 0.1) is 26.2 Å². The summed E-state index contributed by atoms with van der Waals surface area (Å²) in [4.78, 5) is 28.7. The minimum absolute atomic E-state index is 0.0280. The van der Waals surface area contributed by atoms with Crippen LogP contribution in [0.4, 0.5) is 0 Å². The molecule has 1 unspecified atom stereocenters. The molecule has 2 heterocycles. The highest BCUT2D eigenvalue weighted by Crippen LogP contribution is 2.22. The van der Waals surface area contributed by atoms with E-state index in [1.807, 2.05) is 24.3 Å². The van der Waals surface area contributed by atoms with Crippen LogP contribution >= 0.6 is 0 Å². The highest BCUT2D eigenvalue weighted by molar-refractivity contribution is 5.89. The van der Waals surface area contributed by atoms with Crippen molar-refractivity contribution in [1.29, 1.82) is 0 Å². The zero-order valence-electron chi connectivity index (χ0n) is 15.3. The molecule has 1 aromatic rings. The summed E-state index contributed by atoms with van der Waals surface area (Å²) in [5, 5.41) is 2.97. The summed E-state index contributed by atoms with van der Waals surface area (Å²) in [5.74, 6) is 0.505. The van der Waals surface area contributed by atoms with E-state index < -0.39 is 0 Å². The van der Waals surface area contributed by atoms with Crippen LogP contribution in [0.15, 0.2) is 24.3 Å². The minimum Gasteiger partial charge on any atom is -0.497 e. The van der Waals surface area contributed by atoms with E-state index in [4.69, 9.17) is 9.47 Å². The fourth-order valence-corrected chi connectivity index (χ4v) is 3.40. The van der Waals surface area contributed by atoms with E-state index in [2.05, 4.69) is 10.2 Å². The van der Waals surface area contributed by atoms with Crippen LogP contribution < -0.4 is 10.1 Å². The van der Waals surface area contributed by atoms with E-state index in [0.29, 0.717) is 19.6 Å². The van der Waals surface area contributed by atoms with Crippen molar-refractivity contribution in [3.05, 3.63) is 29.8 Å². The van der Waals surface area contributed by atoms with Gasteiger partial charge in [-0.1, -0.05) is 12.1 Å². The molecule has 0 aliphatic carbocycles. The van der Waals surface area contributed by atoms with Crippen LogP contribution in [0.2, 0.25) is 0 Å². The lowest BCUT2D eigenvalue weighted by molar-refractivity contribution is -0.129. The third-order valence-corrected chi connectivity index (χ3v) is 4.92. The molecule has 2 saturated heterocycles. The number of hydrogen-bond acceptors (Lipinski definition) is 5. The van der Waals surface area contributed by atoms with E-state index in [0.717, 1.165) is 44.2 Å². The number of likely N-dealkylation sites (tertiary alicyclic amines) is 1. The second kappa shape index (κ2) is 9.00. The summed E-state index contributed by atoms with van der Waals surface area (Å²) in [5.41, 5.74) is 1.01. The summed E-state index contributed by atoms with van der Waals surface area (Å²) < 4.78 is 10.5. The Morgan fingerprint density at radius 1 is 1.35 bits per heavy atom. The van der Waals surface area contributed by atoms with Gasteiger partial charge < -0.3 is 19.7 Å². The topological polar surface area (TPSA) is 71.1 Å². The summed E-state index contributed by atoms with van der Waals surface area (Å²) in [6, 6.07) is 7.67. The van der Waals surface area contributed by atoms with E-state index in [9.17, 15) is 9.59 Å². The fraction of sp³-hybridized carbons (Fsp3) is 0.579. The lowest BCUT2D eigenvalue weighted by Crippen LogP contribution is -2.42. The maximum absolute atomic E-state index is 12.4. The SMILES string of the molecule is COc1cccc(CN2CC(C(=O)NCCN3CCOCC3)CC2=O)c1. The van der Waals surface area contributed by atoms with Crippen LogP contribution in [0.3, 0.4) is 0 Å². The van der Waals surface area contributed by atoms with Crippen LogP contribution in [-0.4, -0.2) is 74.7 Å². The number of carbonyl (C=O) groups is 2. The number of nitrogens with zero attached hydrogens (tertiary/aromatic N) is 2. The summed E-state index contributed by atoms with van der Waals surface area (Å²) in [6.45, 7) is 5.74. The number of nitrogens with one attached hydrogen (secondary N) is 1. The van der Waals surface area contributed by atoms with Crippen molar-refractivity contribution in [3.8, 4) is 5.75 Å². The fourth-order valence-electron chi connectivity index (χ4n) is 3.40.